The van der Waals surface area contributed by atoms with Crippen molar-refractivity contribution in [3.63, 3.8) is 0 Å². The van der Waals surface area contributed by atoms with Gasteiger partial charge in [-0.25, -0.2) is 4.98 Å². The third-order valence-electron chi connectivity index (χ3n) is 2.56. The highest BCUT2D eigenvalue weighted by atomic mass is 79.9. The second-order valence-electron chi connectivity index (χ2n) is 3.65. The van der Waals surface area contributed by atoms with Gasteiger partial charge in [0.1, 0.15) is 10.7 Å². The van der Waals surface area contributed by atoms with E-state index in [-0.39, 0.29) is 6.79 Å². The maximum atomic E-state index is 10.3. The highest BCUT2D eigenvalue weighted by Crippen LogP contribution is 2.42. The normalized spacial score (nSPS) is 14.8. The minimum atomic E-state index is -0.793. The molecule has 0 saturated heterocycles. The van der Waals surface area contributed by atoms with Gasteiger partial charge in [0.25, 0.3) is 0 Å². The lowest BCUT2D eigenvalue weighted by atomic mass is 10.1. The zero-order chi connectivity index (χ0) is 12.7. The Labute approximate surface area is 120 Å². The maximum absolute atomic E-state index is 10.3. The standard InChI is InChI=1S/C11H7BrClNO3S/c12-11-10(18-3-14-11)8(15)5-1-6(13)9-7(2-5)16-4-17-9/h1-3,8,15H,4H2. The number of ether oxygens (including phenoxy) is 2. The largest absolute Gasteiger partial charge is 0.454 e. The quantitative estimate of drug-likeness (QED) is 0.904. The van der Waals surface area contributed by atoms with Gasteiger partial charge in [0.15, 0.2) is 11.5 Å². The van der Waals surface area contributed by atoms with Crippen LogP contribution in [-0.4, -0.2) is 16.9 Å². The molecule has 2 aromatic rings. The van der Waals surface area contributed by atoms with E-state index in [9.17, 15) is 5.11 Å². The molecule has 3 rings (SSSR count). The number of aromatic nitrogens is 1. The third-order valence-corrected chi connectivity index (χ3v) is 4.62. The van der Waals surface area contributed by atoms with Gasteiger partial charge >= 0.3 is 0 Å². The molecular weight excluding hydrogens is 342 g/mol. The van der Waals surface area contributed by atoms with Crippen LogP contribution in [0, 0.1) is 0 Å². The molecule has 1 N–H and O–H groups in total. The Bertz CT molecular complexity index is 604. The number of thiazole rings is 1. The number of aliphatic hydroxyl groups excluding tert-OH is 1. The lowest BCUT2D eigenvalue weighted by Crippen LogP contribution is -1.98. The number of hydrogen-bond donors (Lipinski definition) is 1. The van der Waals surface area contributed by atoms with E-state index in [0.717, 1.165) is 4.88 Å². The molecule has 0 amide bonds. The number of fused-ring (bicyclic) bond motifs is 1. The first-order valence-electron chi connectivity index (χ1n) is 5.03. The molecule has 0 bridgehead atoms. The van der Waals surface area contributed by atoms with Crippen LogP contribution >= 0.6 is 38.9 Å². The van der Waals surface area contributed by atoms with Gasteiger partial charge in [0.2, 0.25) is 6.79 Å². The summed E-state index contributed by atoms with van der Waals surface area (Å²) in [5, 5.41) is 10.7. The lowest BCUT2D eigenvalue weighted by molar-refractivity contribution is 0.173. The molecule has 1 unspecified atom stereocenters. The number of benzene rings is 1. The van der Waals surface area contributed by atoms with E-state index in [4.69, 9.17) is 21.1 Å². The van der Waals surface area contributed by atoms with Crippen molar-refractivity contribution >= 4 is 38.9 Å². The van der Waals surface area contributed by atoms with Crippen LogP contribution in [0.3, 0.4) is 0 Å². The van der Waals surface area contributed by atoms with E-state index in [0.29, 0.717) is 26.7 Å². The number of aliphatic hydroxyl groups is 1. The summed E-state index contributed by atoms with van der Waals surface area (Å²) in [5.74, 6) is 1.08. The Morgan fingerprint density at radius 1 is 1.44 bits per heavy atom. The van der Waals surface area contributed by atoms with E-state index in [1.165, 1.54) is 11.3 Å². The van der Waals surface area contributed by atoms with Crippen molar-refractivity contribution in [3.8, 4) is 11.5 Å². The highest BCUT2D eigenvalue weighted by molar-refractivity contribution is 9.10. The molecule has 0 aliphatic carbocycles. The monoisotopic (exact) mass is 347 g/mol. The molecule has 0 radical (unpaired) electrons. The van der Waals surface area contributed by atoms with Crippen LogP contribution in [0.1, 0.15) is 16.5 Å². The van der Waals surface area contributed by atoms with Crippen molar-refractivity contribution in [1.82, 2.24) is 4.98 Å². The van der Waals surface area contributed by atoms with Crippen molar-refractivity contribution in [2.24, 2.45) is 0 Å². The second kappa shape index (κ2) is 4.70. The Morgan fingerprint density at radius 3 is 3.00 bits per heavy atom. The van der Waals surface area contributed by atoms with Crippen molar-refractivity contribution < 1.29 is 14.6 Å². The molecule has 18 heavy (non-hydrogen) atoms. The molecule has 0 saturated carbocycles. The van der Waals surface area contributed by atoms with Gasteiger partial charge in [-0.2, -0.15) is 0 Å². The Kier molecular flexibility index (Phi) is 3.19. The molecule has 1 aromatic heterocycles. The van der Waals surface area contributed by atoms with Crippen molar-refractivity contribution in [2.75, 3.05) is 6.79 Å². The lowest BCUT2D eigenvalue weighted by Gasteiger charge is -2.11. The van der Waals surface area contributed by atoms with E-state index < -0.39 is 6.10 Å². The molecule has 94 valence electrons. The SMILES string of the molecule is OC(c1cc(Cl)c2c(c1)OCO2)c1scnc1Br. The first kappa shape index (κ1) is 12.2. The number of hydrogen-bond acceptors (Lipinski definition) is 5. The second-order valence-corrected chi connectivity index (χ2v) is 5.69. The predicted octanol–water partition coefficient (Wildman–Crippen LogP) is 3.37. The molecule has 4 nitrogen and oxygen atoms in total. The van der Waals surface area contributed by atoms with Crippen LogP contribution in [0.4, 0.5) is 0 Å². The minimum absolute atomic E-state index is 0.152. The summed E-state index contributed by atoms with van der Waals surface area (Å²) in [5.41, 5.74) is 2.31. The third kappa shape index (κ3) is 1.99. The zero-order valence-corrected chi connectivity index (χ0v) is 12.1. The minimum Gasteiger partial charge on any atom is -0.454 e. The summed E-state index contributed by atoms with van der Waals surface area (Å²) in [6.07, 6.45) is -0.793. The van der Waals surface area contributed by atoms with Crippen molar-refractivity contribution in [3.05, 3.63) is 37.7 Å². The van der Waals surface area contributed by atoms with E-state index in [1.54, 1.807) is 17.6 Å². The number of halogens is 2. The van der Waals surface area contributed by atoms with Crippen molar-refractivity contribution in [1.29, 1.82) is 0 Å². The molecule has 1 aliphatic heterocycles. The van der Waals surface area contributed by atoms with Gasteiger partial charge in [-0.15, -0.1) is 11.3 Å². The van der Waals surface area contributed by atoms with Crippen LogP contribution in [-0.2, 0) is 0 Å². The van der Waals surface area contributed by atoms with Crippen LogP contribution in [0.2, 0.25) is 5.02 Å². The molecule has 0 fully saturated rings. The highest BCUT2D eigenvalue weighted by Gasteiger charge is 2.23. The molecule has 7 heteroatoms. The summed E-state index contributed by atoms with van der Waals surface area (Å²) >= 11 is 10.7. The summed E-state index contributed by atoms with van der Waals surface area (Å²) in [6.45, 7) is 0.152. The summed E-state index contributed by atoms with van der Waals surface area (Å²) in [4.78, 5) is 4.77. The number of nitrogens with zero attached hydrogens (tertiary/aromatic N) is 1. The Balaban J connectivity index is 2.03. The van der Waals surface area contributed by atoms with Gasteiger partial charge in [0, 0.05) is 0 Å². The van der Waals surface area contributed by atoms with Gasteiger partial charge in [0.05, 0.1) is 15.4 Å². The van der Waals surface area contributed by atoms with Gasteiger partial charge in [-0.05, 0) is 33.6 Å². The predicted molar refractivity (Wildman–Crippen MR) is 71.5 cm³/mol. The fourth-order valence-electron chi connectivity index (χ4n) is 1.72. The molecule has 1 aromatic carbocycles. The van der Waals surface area contributed by atoms with Gasteiger partial charge < -0.3 is 14.6 Å². The van der Waals surface area contributed by atoms with Crippen LogP contribution < -0.4 is 9.47 Å². The molecule has 1 aliphatic rings. The average molecular weight is 349 g/mol. The maximum Gasteiger partial charge on any atom is 0.231 e. The van der Waals surface area contributed by atoms with Gasteiger partial charge in [-0.3, -0.25) is 0 Å². The zero-order valence-electron chi connectivity index (χ0n) is 8.89. The molecule has 2 heterocycles. The molecule has 0 spiro atoms. The topological polar surface area (TPSA) is 51.6 Å². The number of rotatable bonds is 2. The molecule has 1 atom stereocenters. The summed E-state index contributed by atoms with van der Waals surface area (Å²) < 4.78 is 11.1. The van der Waals surface area contributed by atoms with Crippen LogP contribution in [0.25, 0.3) is 0 Å². The van der Waals surface area contributed by atoms with E-state index in [1.807, 2.05) is 0 Å². The fourth-order valence-corrected chi connectivity index (χ4v) is 3.41. The smallest absolute Gasteiger partial charge is 0.231 e. The first-order chi connectivity index (χ1) is 8.66. The van der Waals surface area contributed by atoms with Crippen molar-refractivity contribution in [2.45, 2.75) is 6.10 Å². The molecular formula is C11H7BrClNO3S. The van der Waals surface area contributed by atoms with E-state index in [2.05, 4.69) is 20.9 Å². The summed E-state index contributed by atoms with van der Waals surface area (Å²) in [7, 11) is 0. The Morgan fingerprint density at radius 2 is 2.28 bits per heavy atom. The Hall–Kier alpha value is -0.820. The first-order valence-corrected chi connectivity index (χ1v) is 7.08. The van der Waals surface area contributed by atoms with Gasteiger partial charge in [-0.1, -0.05) is 11.6 Å². The average Bonchev–Trinajstić information content (AvgIpc) is 2.96. The fraction of sp³-hybridized carbons (Fsp3) is 0.182. The van der Waals surface area contributed by atoms with Crippen LogP contribution in [0.5, 0.6) is 11.5 Å². The van der Waals surface area contributed by atoms with E-state index >= 15 is 0 Å². The summed E-state index contributed by atoms with van der Waals surface area (Å²) in [6, 6.07) is 3.40. The van der Waals surface area contributed by atoms with Crippen LogP contribution in [0.15, 0.2) is 22.2 Å².